The Kier molecular flexibility index (Phi) is 5.55. The highest BCUT2D eigenvalue weighted by Crippen LogP contribution is 2.13. The normalized spacial score (nSPS) is 15.9. The summed E-state index contributed by atoms with van der Waals surface area (Å²) in [4.78, 5) is 26.2. The van der Waals surface area contributed by atoms with Gasteiger partial charge in [-0.1, -0.05) is 0 Å². The number of aryl methyl sites for hydroxylation is 1. The van der Waals surface area contributed by atoms with Gasteiger partial charge in [-0.3, -0.25) is 14.5 Å². The second kappa shape index (κ2) is 8.02. The molecule has 3 rings (SSSR count). The van der Waals surface area contributed by atoms with Crippen LogP contribution in [0.25, 0.3) is 0 Å². The van der Waals surface area contributed by atoms with Crippen LogP contribution in [0.4, 0.5) is 0 Å². The molecule has 25 heavy (non-hydrogen) atoms. The zero-order valence-electron chi connectivity index (χ0n) is 14.3. The SMILES string of the molecule is Cc1ccoc1C(=O)NC1CCN(CC(=O)NCc2ccco2)CC1. The fraction of sp³-hybridized carbons (Fsp3) is 0.444. The second-order valence-electron chi connectivity index (χ2n) is 6.31. The molecule has 1 fully saturated rings. The Balaban J connectivity index is 1.37. The zero-order chi connectivity index (χ0) is 17.6. The lowest BCUT2D eigenvalue weighted by Crippen LogP contribution is -2.47. The van der Waals surface area contributed by atoms with Crippen molar-refractivity contribution < 1.29 is 18.4 Å². The van der Waals surface area contributed by atoms with Crippen molar-refractivity contribution in [3.05, 3.63) is 47.8 Å². The van der Waals surface area contributed by atoms with E-state index in [1.165, 1.54) is 6.26 Å². The standard InChI is InChI=1S/C18H23N3O4/c1-13-6-10-25-17(13)18(23)20-14-4-7-21(8-5-14)12-16(22)19-11-15-3-2-9-24-15/h2-3,6,9-10,14H,4-5,7-8,11-12H2,1H3,(H,19,22)(H,20,23). The van der Waals surface area contributed by atoms with E-state index in [1.807, 2.05) is 13.0 Å². The van der Waals surface area contributed by atoms with Gasteiger partial charge in [0, 0.05) is 24.7 Å². The molecule has 134 valence electrons. The van der Waals surface area contributed by atoms with Gasteiger partial charge < -0.3 is 19.5 Å². The number of hydrogen-bond donors (Lipinski definition) is 2. The lowest BCUT2D eigenvalue weighted by Gasteiger charge is -2.31. The molecule has 0 spiro atoms. The Morgan fingerprint density at radius 2 is 2.00 bits per heavy atom. The summed E-state index contributed by atoms with van der Waals surface area (Å²) in [5.41, 5.74) is 0.836. The van der Waals surface area contributed by atoms with Gasteiger partial charge in [-0.25, -0.2) is 0 Å². The van der Waals surface area contributed by atoms with Gasteiger partial charge in [0.05, 0.1) is 25.6 Å². The van der Waals surface area contributed by atoms with E-state index in [4.69, 9.17) is 8.83 Å². The van der Waals surface area contributed by atoms with Crippen LogP contribution in [0.1, 0.15) is 34.7 Å². The van der Waals surface area contributed by atoms with E-state index >= 15 is 0 Å². The molecule has 1 aliphatic rings. The van der Waals surface area contributed by atoms with Gasteiger partial charge in [-0.15, -0.1) is 0 Å². The summed E-state index contributed by atoms with van der Waals surface area (Å²) in [6, 6.07) is 5.51. The molecular weight excluding hydrogens is 322 g/mol. The van der Waals surface area contributed by atoms with Crippen molar-refractivity contribution in [3.8, 4) is 0 Å². The molecule has 0 atom stereocenters. The number of furan rings is 2. The summed E-state index contributed by atoms with van der Waals surface area (Å²) in [5.74, 6) is 0.921. The van der Waals surface area contributed by atoms with Crippen LogP contribution in [0.3, 0.4) is 0 Å². The fourth-order valence-electron chi connectivity index (χ4n) is 2.95. The monoisotopic (exact) mass is 345 g/mol. The summed E-state index contributed by atoms with van der Waals surface area (Å²) in [6.45, 7) is 4.16. The van der Waals surface area contributed by atoms with Crippen molar-refractivity contribution in [1.29, 1.82) is 0 Å². The van der Waals surface area contributed by atoms with Crippen molar-refractivity contribution in [2.75, 3.05) is 19.6 Å². The van der Waals surface area contributed by atoms with Crippen molar-refractivity contribution in [1.82, 2.24) is 15.5 Å². The number of nitrogens with zero attached hydrogens (tertiary/aromatic N) is 1. The summed E-state index contributed by atoms with van der Waals surface area (Å²) in [6.07, 6.45) is 4.74. The van der Waals surface area contributed by atoms with E-state index in [-0.39, 0.29) is 17.9 Å². The molecule has 7 heteroatoms. The average Bonchev–Trinajstić information content (AvgIpc) is 3.26. The fourth-order valence-corrected chi connectivity index (χ4v) is 2.95. The van der Waals surface area contributed by atoms with Crippen molar-refractivity contribution in [2.24, 2.45) is 0 Å². The quantitative estimate of drug-likeness (QED) is 0.832. The molecule has 2 N–H and O–H groups in total. The summed E-state index contributed by atoms with van der Waals surface area (Å²) < 4.78 is 10.4. The van der Waals surface area contributed by atoms with Crippen LogP contribution >= 0.6 is 0 Å². The van der Waals surface area contributed by atoms with Gasteiger partial charge in [0.15, 0.2) is 5.76 Å². The first-order chi connectivity index (χ1) is 12.1. The predicted molar refractivity (Wildman–Crippen MR) is 90.9 cm³/mol. The molecule has 1 aliphatic heterocycles. The van der Waals surface area contributed by atoms with E-state index in [9.17, 15) is 9.59 Å². The van der Waals surface area contributed by atoms with Crippen LogP contribution in [0.5, 0.6) is 0 Å². The number of carbonyl (C=O) groups excluding carboxylic acids is 2. The minimum atomic E-state index is -0.169. The van der Waals surface area contributed by atoms with Gasteiger partial charge >= 0.3 is 0 Å². The van der Waals surface area contributed by atoms with Crippen molar-refractivity contribution in [3.63, 3.8) is 0 Å². The van der Waals surface area contributed by atoms with Crippen LogP contribution in [-0.2, 0) is 11.3 Å². The second-order valence-corrected chi connectivity index (χ2v) is 6.31. The van der Waals surface area contributed by atoms with Crippen LogP contribution < -0.4 is 10.6 Å². The number of hydrogen-bond acceptors (Lipinski definition) is 5. The first-order valence-electron chi connectivity index (χ1n) is 8.48. The highest BCUT2D eigenvalue weighted by molar-refractivity contribution is 5.93. The Morgan fingerprint density at radius 1 is 1.20 bits per heavy atom. The summed E-state index contributed by atoms with van der Waals surface area (Å²) in [7, 11) is 0. The maximum Gasteiger partial charge on any atom is 0.287 e. The molecule has 3 heterocycles. The van der Waals surface area contributed by atoms with E-state index < -0.39 is 0 Å². The van der Waals surface area contributed by atoms with E-state index in [0.717, 1.165) is 37.3 Å². The average molecular weight is 345 g/mol. The predicted octanol–water partition coefficient (Wildman–Crippen LogP) is 1.69. The van der Waals surface area contributed by atoms with Crippen LogP contribution in [0.2, 0.25) is 0 Å². The number of likely N-dealkylation sites (tertiary alicyclic amines) is 1. The maximum absolute atomic E-state index is 12.2. The van der Waals surface area contributed by atoms with Crippen LogP contribution in [0.15, 0.2) is 39.6 Å². The molecule has 0 unspecified atom stereocenters. The Hall–Kier alpha value is -2.54. The molecule has 0 aromatic carbocycles. The third-order valence-electron chi connectivity index (χ3n) is 4.40. The minimum absolute atomic E-state index is 0.0231. The molecule has 2 aromatic heterocycles. The number of amides is 2. The Morgan fingerprint density at radius 3 is 2.64 bits per heavy atom. The van der Waals surface area contributed by atoms with Gasteiger partial charge in [-0.2, -0.15) is 0 Å². The van der Waals surface area contributed by atoms with Gasteiger partial charge in [0.25, 0.3) is 5.91 Å². The maximum atomic E-state index is 12.2. The van der Waals surface area contributed by atoms with Gasteiger partial charge in [0.1, 0.15) is 5.76 Å². The van der Waals surface area contributed by atoms with Gasteiger partial charge in [-0.05, 0) is 38.0 Å². The largest absolute Gasteiger partial charge is 0.467 e. The van der Waals surface area contributed by atoms with Crippen molar-refractivity contribution in [2.45, 2.75) is 32.4 Å². The molecule has 2 amide bonds. The van der Waals surface area contributed by atoms with Gasteiger partial charge in [0.2, 0.25) is 5.91 Å². The minimum Gasteiger partial charge on any atom is -0.467 e. The van der Waals surface area contributed by atoms with Crippen LogP contribution in [0, 0.1) is 6.92 Å². The molecule has 0 aliphatic carbocycles. The molecular formula is C18H23N3O4. The first-order valence-corrected chi connectivity index (χ1v) is 8.48. The number of carbonyl (C=O) groups is 2. The number of nitrogens with one attached hydrogen (secondary N) is 2. The highest BCUT2D eigenvalue weighted by atomic mass is 16.3. The van der Waals surface area contributed by atoms with E-state index in [2.05, 4.69) is 15.5 Å². The smallest absolute Gasteiger partial charge is 0.287 e. The third kappa shape index (κ3) is 4.73. The Labute approximate surface area is 146 Å². The number of piperidine rings is 1. The first kappa shape index (κ1) is 17.3. The highest BCUT2D eigenvalue weighted by Gasteiger charge is 2.23. The zero-order valence-corrected chi connectivity index (χ0v) is 14.3. The molecule has 0 radical (unpaired) electrons. The topological polar surface area (TPSA) is 87.7 Å². The molecule has 1 saturated heterocycles. The lowest BCUT2D eigenvalue weighted by atomic mass is 10.0. The lowest BCUT2D eigenvalue weighted by molar-refractivity contribution is -0.122. The molecule has 0 saturated carbocycles. The van der Waals surface area contributed by atoms with E-state index in [1.54, 1.807) is 18.4 Å². The summed E-state index contributed by atoms with van der Waals surface area (Å²) >= 11 is 0. The summed E-state index contributed by atoms with van der Waals surface area (Å²) in [5, 5.41) is 5.85. The number of rotatable bonds is 6. The van der Waals surface area contributed by atoms with Crippen molar-refractivity contribution >= 4 is 11.8 Å². The van der Waals surface area contributed by atoms with Crippen LogP contribution in [-0.4, -0.2) is 42.4 Å². The van der Waals surface area contributed by atoms with E-state index in [0.29, 0.717) is 18.8 Å². The molecule has 2 aromatic rings. The third-order valence-corrected chi connectivity index (χ3v) is 4.40. The molecule has 7 nitrogen and oxygen atoms in total. The Bertz CT molecular complexity index is 700. The molecule has 0 bridgehead atoms.